The van der Waals surface area contributed by atoms with E-state index in [0.29, 0.717) is 0 Å². The molecule has 0 bridgehead atoms. The highest BCUT2D eigenvalue weighted by Crippen LogP contribution is 2.24. The van der Waals surface area contributed by atoms with Crippen molar-refractivity contribution < 1.29 is 0 Å². The van der Waals surface area contributed by atoms with Gasteiger partial charge in [0.1, 0.15) is 0 Å². The lowest BCUT2D eigenvalue weighted by Gasteiger charge is -2.30. The van der Waals surface area contributed by atoms with Crippen molar-refractivity contribution in [3.05, 3.63) is 0 Å². The monoisotopic (exact) mass is 157 g/mol. The van der Waals surface area contributed by atoms with Crippen LogP contribution in [0.15, 0.2) is 0 Å². The Kier molecular flexibility index (Phi) is 2.92. The Morgan fingerprint density at radius 3 is 2.10 bits per heavy atom. The minimum atomic E-state index is -0.306. The lowest BCUT2D eigenvalue weighted by molar-refractivity contribution is 0.275. The number of likely N-dealkylation sites (tertiary alicyclic amines) is 1. The van der Waals surface area contributed by atoms with Gasteiger partial charge in [-0.05, 0) is 38.5 Å². The average molecular weight is 157 g/mol. The summed E-state index contributed by atoms with van der Waals surface area (Å²) >= 11 is 0. The lowest BCUT2D eigenvalue weighted by atomic mass is 10.1. The number of hydrogen-bond donors (Lipinski definition) is 0. The van der Waals surface area contributed by atoms with Gasteiger partial charge in [0.25, 0.3) is 0 Å². The maximum absolute atomic E-state index is 2.48. The van der Waals surface area contributed by atoms with Crippen LogP contribution in [-0.4, -0.2) is 33.8 Å². The van der Waals surface area contributed by atoms with Crippen LogP contribution >= 0.6 is 0 Å². The van der Waals surface area contributed by atoms with E-state index in [0.717, 1.165) is 5.54 Å². The molecular formula is C8H19NSi. The van der Waals surface area contributed by atoms with Crippen LogP contribution in [0.1, 0.15) is 12.8 Å². The van der Waals surface area contributed by atoms with Gasteiger partial charge in [-0.2, -0.15) is 0 Å². The van der Waals surface area contributed by atoms with Gasteiger partial charge < -0.3 is 4.90 Å². The molecule has 1 heterocycles. The first-order chi connectivity index (χ1) is 4.70. The van der Waals surface area contributed by atoms with Crippen molar-refractivity contribution in [2.75, 3.05) is 20.1 Å². The highest BCUT2D eigenvalue weighted by atomic mass is 28.3. The van der Waals surface area contributed by atoms with E-state index in [1.807, 2.05) is 0 Å². The third kappa shape index (κ3) is 2.10. The van der Waals surface area contributed by atoms with Crippen LogP contribution in [0.2, 0.25) is 18.6 Å². The summed E-state index contributed by atoms with van der Waals surface area (Å²) < 4.78 is 0. The molecule has 1 rings (SSSR count). The van der Waals surface area contributed by atoms with Crippen molar-refractivity contribution in [1.29, 1.82) is 0 Å². The number of hydrogen-bond acceptors (Lipinski definition) is 1. The van der Waals surface area contributed by atoms with Gasteiger partial charge in [0.15, 0.2) is 0 Å². The fourth-order valence-corrected chi connectivity index (χ4v) is 3.33. The first kappa shape index (κ1) is 8.28. The summed E-state index contributed by atoms with van der Waals surface area (Å²) in [5, 5.41) is 0. The van der Waals surface area contributed by atoms with E-state index in [-0.39, 0.29) is 8.80 Å². The Labute approximate surface area is 66.0 Å². The zero-order valence-corrected chi connectivity index (χ0v) is 8.59. The molecule has 60 valence electrons. The van der Waals surface area contributed by atoms with E-state index in [1.54, 1.807) is 0 Å². The summed E-state index contributed by atoms with van der Waals surface area (Å²) in [4.78, 5) is 2.45. The summed E-state index contributed by atoms with van der Waals surface area (Å²) in [6.45, 7) is 7.65. The number of nitrogens with zero attached hydrogens (tertiary/aromatic N) is 1. The van der Waals surface area contributed by atoms with E-state index >= 15 is 0 Å². The van der Waals surface area contributed by atoms with Crippen molar-refractivity contribution in [2.24, 2.45) is 0 Å². The minimum Gasteiger partial charge on any atom is -0.306 e. The molecule has 0 aromatic rings. The second kappa shape index (κ2) is 3.53. The molecule has 1 nitrogen and oxygen atoms in total. The predicted octanol–water partition coefficient (Wildman–Crippen LogP) is 1.57. The van der Waals surface area contributed by atoms with Crippen LogP contribution in [0.3, 0.4) is 0 Å². The Morgan fingerprint density at radius 2 is 1.70 bits per heavy atom. The molecule has 0 aromatic carbocycles. The van der Waals surface area contributed by atoms with Crippen LogP contribution < -0.4 is 0 Å². The van der Waals surface area contributed by atoms with Crippen LogP contribution in [0.5, 0.6) is 0 Å². The fraction of sp³-hybridized carbons (Fsp3) is 1.00. The topological polar surface area (TPSA) is 3.24 Å². The molecule has 1 aliphatic rings. The Bertz CT molecular complexity index is 95.4. The standard InChI is InChI=1S/C8H19NSi/c1-9-6-4-8(5-7-9)10(2)3/h8,10H,4-7H2,1-3H3. The second-order valence-corrected chi connectivity index (χ2v) is 7.32. The van der Waals surface area contributed by atoms with Gasteiger partial charge in [-0.3, -0.25) is 0 Å². The smallest absolute Gasteiger partial charge is 0.0338 e. The molecule has 0 atom stereocenters. The summed E-state index contributed by atoms with van der Waals surface area (Å²) in [5.74, 6) is 0. The Morgan fingerprint density at radius 1 is 1.20 bits per heavy atom. The first-order valence-electron chi connectivity index (χ1n) is 4.38. The van der Waals surface area contributed by atoms with Gasteiger partial charge in [-0.15, -0.1) is 0 Å². The van der Waals surface area contributed by atoms with Gasteiger partial charge in [-0.25, -0.2) is 0 Å². The van der Waals surface area contributed by atoms with Crippen molar-refractivity contribution in [2.45, 2.75) is 31.5 Å². The van der Waals surface area contributed by atoms with E-state index in [2.05, 4.69) is 25.0 Å². The summed E-state index contributed by atoms with van der Waals surface area (Å²) in [5.41, 5.74) is 1.14. The third-order valence-electron chi connectivity index (χ3n) is 2.71. The van der Waals surface area contributed by atoms with Crippen LogP contribution in [0.4, 0.5) is 0 Å². The first-order valence-corrected chi connectivity index (χ1v) is 7.36. The van der Waals surface area contributed by atoms with Gasteiger partial charge in [0.05, 0.1) is 0 Å². The molecule has 0 aliphatic carbocycles. The molecular weight excluding hydrogens is 138 g/mol. The third-order valence-corrected chi connectivity index (χ3v) is 5.26. The van der Waals surface area contributed by atoms with Gasteiger partial charge in [0.2, 0.25) is 0 Å². The number of piperidine rings is 1. The normalized spacial score (nSPS) is 24.0. The van der Waals surface area contributed by atoms with E-state index in [1.165, 1.54) is 25.9 Å². The molecule has 0 aromatic heterocycles. The van der Waals surface area contributed by atoms with Gasteiger partial charge in [-0.1, -0.05) is 13.1 Å². The zero-order valence-electron chi connectivity index (χ0n) is 7.43. The minimum absolute atomic E-state index is 0.306. The van der Waals surface area contributed by atoms with Crippen molar-refractivity contribution in [3.63, 3.8) is 0 Å². The van der Waals surface area contributed by atoms with Crippen molar-refractivity contribution in [3.8, 4) is 0 Å². The molecule has 1 fully saturated rings. The SMILES string of the molecule is CN1CCC([SiH](C)C)CC1. The van der Waals surface area contributed by atoms with Gasteiger partial charge >= 0.3 is 0 Å². The maximum atomic E-state index is 2.48. The van der Waals surface area contributed by atoms with Crippen LogP contribution in [-0.2, 0) is 0 Å². The van der Waals surface area contributed by atoms with E-state index < -0.39 is 0 Å². The zero-order chi connectivity index (χ0) is 7.56. The largest absolute Gasteiger partial charge is 0.306 e. The molecule has 1 saturated heterocycles. The molecule has 2 heteroatoms. The van der Waals surface area contributed by atoms with Crippen LogP contribution in [0.25, 0.3) is 0 Å². The van der Waals surface area contributed by atoms with Crippen LogP contribution in [0, 0.1) is 0 Å². The van der Waals surface area contributed by atoms with Gasteiger partial charge in [0, 0.05) is 8.80 Å². The fourth-order valence-electron chi connectivity index (χ4n) is 1.70. The van der Waals surface area contributed by atoms with E-state index in [4.69, 9.17) is 0 Å². The Hall–Kier alpha value is 0.177. The molecule has 0 saturated carbocycles. The highest BCUT2D eigenvalue weighted by Gasteiger charge is 2.19. The maximum Gasteiger partial charge on any atom is 0.0338 e. The summed E-state index contributed by atoms with van der Waals surface area (Å²) in [6.07, 6.45) is 2.95. The van der Waals surface area contributed by atoms with Crippen molar-refractivity contribution >= 4 is 8.80 Å². The van der Waals surface area contributed by atoms with Crippen molar-refractivity contribution in [1.82, 2.24) is 4.90 Å². The predicted molar refractivity (Wildman–Crippen MR) is 49.4 cm³/mol. The molecule has 0 radical (unpaired) electrons. The molecule has 0 spiro atoms. The molecule has 0 amide bonds. The van der Waals surface area contributed by atoms with E-state index in [9.17, 15) is 0 Å². The quantitative estimate of drug-likeness (QED) is 0.522. The highest BCUT2D eigenvalue weighted by molar-refractivity contribution is 6.57. The molecule has 10 heavy (non-hydrogen) atoms. The second-order valence-electron chi connectivity index (χ2n) is 3.88. The summed E-state index contributed by atoms with van der Waals surface area (Å²) in [7, 11) is 1.93. The Balaban J connectivity index is 2.26. The summed E-state index contributed by atoms with van der Waals surface area (Å²) in [6, 6.07) is 0. The number of rotatable bonds is 1. The average Bonchev–Trinajstić information content (AvgIpc) is 1.88. The lowest BCUT2D eigenvalue weighted by Crippen LogP contribution is -2.31. The molecule has 0 N–H and O–H groups in total. The molecule has 0 unspecified atom stereocenters. The molecule has 1 aliphatic heterocycles.